The second kappa shape index (κ2) is 7.56. The number of primary amides is 1. The predicted octanol–water partition coefficient (Wildman–Crippen LogP) is 2.39. The molecule has 0 bridgehead atoms. The standard InChI is InChI=1S/C17H13N3O7S/c1-26-13-6-9(20(24)25)2-4-11(13)12-5-3-10(27-12)7-14-16(22)19(8-15(18)21)17(23)28-14/h2-7H,8H2,1H3,(H2,18,21)/b14-7-. The average molecular weight is 403 g/mol. The molecule has 2 aromatic rings. The van der Waals surface area contributed by atoms with Crippen LogP contribution in [0, 0.1) is 10.1 Å². The van der Waals surface area contributed by atoms with Gasteiger partial charge >= 0.3 is 0 Å². The zero-order valence-corrected chi connectivity index (χ0v) is 15.2. The Morgan fingerprint density at radius 3 is 2.75 bits per heavy atom. The number of carbonyl (C=O) groups is 3. The maximum atomic E-state index is 12.2. The van der Waals surface area contributed by atoms with Crippen LogP contribution in [-0.2, 0) is 9.59 Å². The van der Waals surface area contributed by atoms with Gasteiger partial charge in [0, 0.05) is 12.1 Å². The molecule has 0 unspecified atom stereocenters. The highest BCUT2D eigenvalue weighted by molar-refractivity contribution is 8.18. The zero-order valence-electron chi connectivity index (χ0n) is 14.4. The summed E-state index contributed by atoms with van der Waals surface area (Å²) >= 11 is 0.668. The summed E-state index contributed by atoms with van der Waals surface area (Å²) in [5, 5.41) is 10.3. The molecule has 2 N–H and O–H groups in total. The minimum Gasteiger partial charge on any atom is -0.496 e. The van der Waals surface area contributed by atoms with Gasteiger partial charge in [-0.1, -0.05) is 0 Å². The number of amides is 3. The molecular weight excluding hydrogens is 390 g/mol. The van der Waals surface area contributed by atoms with Gasteiger partial charge in [-0.3, -0.25) is 29.4 Å². The molecule has 1 aliphatic rings. The molecule has 10 nitrogen and oxygen atoms in total. The molecule has 1 fully saturated rings. The van der Waals surface area contributed by atoms with Gasteiger partial charge in [-0.05, 0) is 30.0 Å². The van der Waals surface area contributed by atoms with Crippen molar-refractivity contribution in [3.05, 3.63) is 51.1 Å². The normalized spacial score (nSPS) is 15.3. The lowest BCUT2D eigenvalue weighted by atomic mass is 10.1. The first kappa shape index (κ1) is 19.2. The number of thioether (sulfide) groups is 1. The van der Waals surface area contributed by atoms with Crippen molar-refractivity contribution in [2.75, 3.05) is 13.7 Å². The number of ether oxygens (including phenoxy) is 1. The molecule has 3 rings (SSSR count). The molecule has 3 amide bonds. The Morgan fingerprint density at radius 2 is 2.11 bits per heavy atom. The summed E-state index contributed by atoms with van der Waals surface area (Å²) in [6.45, 7) is -0.495. The third kappa shape index (κ3) is 3.74. The fourth-order valence-corrected chi connectivity index (χ4v) is 3.31. The van der Waals surface area contributed by atoms with E-state index in [1.807, 2.05) is 0 Å². The van der Waals surface area contributed by atoms with Crippen LogP contribution >= 0.6 is 11.8 Å². The van der Waals surface area contributed by atoms with Gasteiger partial charge in [0.25, 0.3) is 16.8 Å². The molecular formula is C17H13N3O7S. The average Bonchev–Trinajstić information content (AvgIpc) is 3.21. The van der Waals surface area contributed by atoms with E-state index in [-0.39, 0.29) is 22.1 Å². The summed E-state index contributed by atoms with van der Waals surface area (Å²) in [4.78, 5) is 46.2. The highest BCUT2D eigenvalue weighted by atomic mass is 32.2. The van der Waals surface area contributed by atoms with Crippen molar-refractivity contribution < 1.29 is 28.5 Å². The minimum atomic E-state index is -0.797. The van der Waals surface area contributed by atoms with Crippen molar-refractivity contribution >= 4 is 40.6 Å². The number of imide groups is 1. The topological polar surface area (TPSA) is 146 Å². The van der Waals surface area contributed by atoms with E-state index in [0.717, 1.165) is 4.90 Å². The summed E-state index contributed by atoms with van der Waals surface area (Å²) in [5.74, 6) is -0.556. The molecule has 1 aliphatic heterocycles. The Kier molecular flexibility index (Phi) is 5.18. The maximum absolute atomic E-state index is 12.2. The second-order valence-electron chi connectivity index (χ2n) is 5.58. The van der Waals surface area contributed by atoms with Crippen molar-refractivity contribution in [2.45, 2.75) is 0 Å². The van der Waals surface area contributed by atoms with E-state index in [4.69, 9.17) is 14.9 Å². The lowest BCUT2D eigenvalue weighted by molar-refractivity contribution is -0.384. The number of carbonyl (C=O) groups excluding carboxylic acids is 3. The number of nitrogens with two attached hydrogens (primary N) is 1. The Bertz CT molecular complexity index is 1030. The number of hydrogen-bond acceptors (Lipinski definition) is 8. The lowest BCUT2D eigenvalue weighted by Gasteiger charge is -2.08. The van der Waals surface area contributed by atoms with Crippen LogP contribution in [0.1, 0.15) is 5.76 Å². The van der Waals surface area contributed by atoms with E-state index in [0.29, 0.717) is 23.1 Å². The summed E-state index contributed by atoms with van der Waals surface area (Å²) in [5.41, 5.74) is 5.38. The number of rotatable bonds is 6. The van der Waals surface area contributed by atoms with Crippen molar-refractivity contribution in [1.29, 1.82) is 0 Å². The SMILES string of the molecule is COc1cc([N+](=O)[O-])ccc1-c1ccc(/C=C2\SC(=O)N(CC(N)=O)C2=O)o1. The number of benzene rings is 1. The third-order valence-electron chi connectivity index (χ3n) is 3.75. The Morgan fingerprint density at radius 1 is 1.36 bits per heavy atom. The van der Waals surface area contributed by atoms with Crippen LogP contribution in [0.2, 0.25) is 0 Å². The summed E-state index contributed by atoms with van der Waals surface area (Å²) < 4.78 is 10.8. The van der Waals surface area contributed by atoms with E-state index >= 15 is 0 Å². The van der Waals surface area contributed by atoms with Crippen LogP contribution in [0.15, 0.2) is 39.7 Å². The number of non-ortho nitro benzene ring substituents is 1. The van der Waals surface area contributed by atoms with Crippen LogP contribution in [0.25, 0.3) is 17.4 Å². The molecule has 0 spiro atoms. The van der Waals surface area contributed by atoms with E-state index in [2.05, 4.69) is 0 Å². The van der Waals surface area contributed by atoms with Crippen LogP contribution in [0.4, 0.5) is 10.5 Å². The first-order valence-electron chi connectivity index (χ1n) is 7.76. The van der Waals surface area contributed by atoms with Crippen LogP contribution in [0.3, 0.4) is 0 Å². The summed E-state index contributed by atoms with van der Waals surface area (Å²) in [6, 6.07) is 7.24. The molecule has 0 atom stereocenters. The van der Waals surface area contributed by atoms with Gasteiger partial charge in [0.05, 0.1) is 28.6 Å². The van der Waals surface area contributed by atoms with Crippen LogP contribution in [0.5, 0.6) is 5.75 Å². The smallest absolute Gasteiger partial charge is 0.294 e. The number of methoxy groups -OCH3 is 1. The molecule has 1 aromatic carbocycles. The van der Waals surface area contributed by atoms with Crippen molar-refractivity contribution in [1.82, 2.24) is 4.90 Å². The molecule has 2 heterocycles. The zero-order chi connectivity index (χ0) is 20.4. The largest absolute Gasteiger partial charge is 0.496 e. The molecule has 0 aliphatic carbocycles. The van der Waals surface area contributed by atoms with Gasteiger partial charge in [-0.25, -0.2) is 0 Å². The van der Waals surface area contributed by atoms with Gasteiger partial charge in [0.1, 0.15) is 23.8 Å². The van der Waals surface area contributed by atoms with Crippen molar-refractivity contribution in [3.8, 4) is 17.1 Å². The van der Waals surface area contributed by atoms with E-state index in [1.165, 1.54) is 31.4 Å². The number of nitro groups is 1. The van der Waals surface area contributed by atoms with Gasteiger partial charge in [-0.15, -0.1) is 0 Å². The van der Waals surface area contributed by atoms with Gasteiger partial charge < -0.3 is 14.9 Å². The quantitative estimate of drug-likeness (QED) is 0.439. The molecule has 0 radical (unpaired) electrons. The minimum absolute atomic E-state index is 0.0859. The fourth-order valence-electron chi connectivity index (χ4n) is 2.49. The van der Waals surface area contributed by atoms with Crippen molar-refractivity contribution in [3.63, 3.8) is 0 Å². The molecule has 1 saturated heterocycles. The van der Waals surface area contributed by atoms with Crippen molar-refractivity contribution in [2.24, 2.45) is 5.73 Å². The fraction of sp³-hybridized carbons (Fsp3) is 0.118. The highest BCUT2D eigenvalue weighted by Gasteiger charge is 2.36. The van der Waals surface area contributed by atoms with Gasteiger partial charge in [-0.2, -0.15) is 0 Å². The number of nitrogens with zero attached hydrogens (tertiary/aromatic N) is 2. The summed E-state index contributed by atoms with van der Waals surface area (Å²) in [7, 11) is 1.38. The first-order chi connectivity index (χ1) is 13.3. The Balaban J connectivity index is 1.88. The molecule has 1 aromatic heterocycles. The number of nitro benzene ring substituents is 1. The molecule has 0 saturated carbocycles. The molecule has 144 valence electrons. The van der Waals surface area contributed by atoms with Gasteiger partial charge in [0.15, 0.2) is 0 Å². The molecule has 28 heavy (non-hydrogen) atoms. The monoisotopic (exact) mass is 403 g/mol. The van der Waals surface area contributed by atoms with E-state index in [1.54, 1.807) is 12.1 Å². The highest BCUT2D eigenvalue weighted by Crippen LogP contribution is 2.36. The summed E-state index contributed by atoms with van der Waals surface area (Å²) in [6.07, 6.45) is 1.37. The number of furan rings is 1. The lowest BCUT2D eigenvalue weighted by Crippen LogP contribution is -2.36. The van der Waals surface area contributed by atoms with E-state index < -0.39 is 28.5 Å². The van der Waals surface area contributed by atoms with E-state index in [9.17, 15) is 24.5 Å². The number of hydrogen-bond donors (Lipinski definition) is 1. The van der Waals surface area contributed by atoms with Crippen LogP contribution in [-0.4, -0.2) is 40.5 Å². The Hall–Kier alpha value is -3.60. The second-order valence-corrected chi connectivity index (χ2v) is 6.57. The predicted molar refractivity (Wildman–Crippen MR) is 99.2 cm³/mol. The molecule has 11 heteroatoms. The first-order valence-corrected chi connectivity index (χ1v) is 8.58. The maximum Gasteiger partial charge on any atom is 0.294 e. The third-order valence-corrected chi connectivity index (χ3v) is 4.66. The van der Waals surface area contributed by atoms with Crippen LogP contribution < -0.4 is 10.5 Å². The van der Waals surface area contributed by atoms with Gasteiger partial charge in [0.2, 0.25) is 5.91 Å². The Labute approximate surface area is 162 Å².